The Kier molecular flexibility index (Phi) is 6.82. The molecule has 4 heterocycles. The second kappa shape index (κ2) is 10.3. The Morgan fingerprint density at radius 2 is 1.94 bits per heavy atom. The van der Waals surface area contributed by atoms with Crippen LogP contribution < -0.4 is 15.8 Å². The van der Waals surface area contributed by atoms with Gasteiger partial charge in [0.2, 0.25) is 11.8 Å². The lowest BCUT2D eigenvalue weighted by molar-refractivity contribution is 0.0952. The van der Waals surface area contributed by atoms with Crippen molar-refractivity contribution in [3.8, 4) is 17.1 Å². The second-order valence-corrected chi connectivity index (χ2v) is 8.79. The van der Waals surface area contributed by atoms with Crippen molar-refractivity contribution < 1.29 is 14.3 Å². The van der Waals surface area contributed by atoms with Crippen LogP contribution in [0.1, 0.15) is 36.0 Å². The van der Waals surface area contributed by atoms with Crippen LogP contribution in [0.5, 0.6) is 5.88 Å². The molecule has 0 bridgehead atoms. The number of benzene rings is 1. The largest absolute Gasteiger partial charge is 0.470 e. The Morgan fingerprint density at radius 3 is 2.71 bits per heavy atom. The van der Waals surface area contributed by atoms with Crippen molar-refractivity contribution in [2.45, 2.75) is 31.8 Å². The molecule has 9 heteroatoms. The highest BCUT2D eigenvalue weighted by Crippen LogP contribution is 2.27. The molecule has 3 aromatic rings. The Bertz CT molecular complexity index is 1140. The number of ether oxygens (including phenoxy) is 2. The van der Waals surface area contributed by atoms with Gasteiger partial charge in [-0.2, -0.15) is 4.98 Å². The van der Waals surface area contributed by atoms with Gasteiger partial charge in [0.1, 0.15) is 6.10 Å². The van der Waals surface area contributed by atoms with Crippen LogP contribution in [-0.2, 0) is 4.74 Å². The topological polar surface area (TPSA) is 115 Å². The van der Waals surface area contributed by atoms with Gasteiger partial charge in [-0.25, -0.2) is 9.97 Å². The number of likely N-dealkylation sites (tertiary alicyclic amines) is 1. The molecule has 2 saturated heterocycles. The first-order valence-corrected chi connectivity index (χ1v) is 12.0. The third-order valence-electron chi connectivity index (χ3n) is 6.27. The molecule has 1 unspecified atom stereocenters. The van der Waals surface area contributed by atoms with Crippen LogP contribution in [-0.4, -0.2) is 71.3 Å². The number of nitrogens with one attached hydrogen (secondary N) is 1. The Hall–Kier alpha value is -3.30. The summed E-state index contributed by atoms with van der Waals surface area (Å²) in [6, 6.07) is 11.2. The number of rotatable bonds is 8. The summed E-state index contributed by atoms with van der Waals surface area (Å²) >= 11 is 0. The molecule has 1 atom stereocenters. The first kappa shape index (κ1) is 22.5. The number of hydrogen-bond donors (Lipinski definition) is 2. The summed E-state index contributed by atoms with van der Waals surface area (Å²) in [5.74, 6) is 0.453. The molecule has 2 aromatic heterocycles. The second-order valence-electron chi connectivity index (χ2n) is 8.79. The molecular weight excluding hydrogens is 432 g/mol. The number of fused-ring (bicyclic) bond motifs is 1. The average molecular weight is 463 g/mol. The summed E-state index contributed by atoms with van der Waals surface area (Å²) in [7, 11) is 0. The van der Waals surface area contributed by atoms with E-state index in [0.29, 0.717) is 42.2 Å². The lowest BCUT2D eigenvalue weighted by atomic mass is 10.1. The molecule has 0 radical (unpaired) electrons. The van der Waals surface area contributed by atoms with E-state index in [4.69, 9.17) is 20.2 Å². The maximum absolute atomic E-state index is 12.5. The van der Waals surface area contributed by atoms with E-state index < -0.39 is 0 Å². The predicted octanol–water partition coefficient (Wildman–Crippen LogP) is 2.66. The minimum Gasteiger partial charge on any atom is -0.470 e. The minimum absolute atomic E-state index is 0.0576. The maximum atomic E-state index is 12.5. The summed E-state index contributed by atoms with van der Waals surface area (Å²) in [5, 5.41) is 3.02. The summed E-state index contributed by atoms with van der Waals surface area (Å²) < 4.78 is 11.4. The average Bonchev–Trinajstić information content (AvgIpc) is 3.56. The van der Waals surface area contributed by atoms with Gasteiger partial charge in [-0.1, -0.05) is 12.1 Å². The van der Waals surface area contributed by atoms with E-state index >= 15 is 0 Å². The van der Waals surface area contributed by atoms with Crippen LogP contribution >= 0.6 is 0 Å². The third kappa shape index (κ3) is 5.26. The lowest BCUT2D eigenvalue weighted by Gasteiger charge is -2.14. The number of hydrogen-bond acceptors (Lipinski definition) is 8. The lowest BCUT2D eigenvalue weighted by Crippen LogP contribution is -2.28. The number of nitrogen functional groups attached to an aromatic ring is 1. The molecule has 34 heavy (non-hydrogen) atoms. The predicted molar refractivity (Wildman–Crippen MR) is 130 cm³/mol. The van der Waals surface area contributed by atoms with Crippen LogP contribution in [0.3, 0.4) is 0 Å². The molecule has 0 spiro atoms. The highest BCUT2D eigenvalue weighted by atomic mass is 16.5. The van der Waals surface area contributed by atoms with Gasteiger partial charge < -0.3 is 25.4 Å². The zero-order valence-corrected chi connectivity index (χ0v) is 19.2. The number of nitrogens with zero attached hydrogens (tertiary/aromatic N) is 4. The van der Waals surface area contributed by atoms with Crippen LogP contribution in [0.2, 0.25) is 0 Å². The van der Waals surface area contributed by atoms with Gasteiger partial charge in [-0.05, 0) is 63.2 Å². The fourth-order valence-electron chi connectivity index (χ4n) is 4.42. The molecular formula is C25H30N6O3. The zero-order valence-electron chi connectivity index (χ0n) is 19.2. The molecule has 178 valence electrons. The van der Waals surface area contributed by atoms with Crippen molar-refractivity contribution >= 4 is 22.9 Å². The highest BCUT2D eigenvalue weighted by Gasteiger charge is 2.21. The fraction of sp³-hybridized carbons (Fsp3) is 0.440. The monoisotopic (exact) mass is 462 g/mol. The molecule has 2 fully saturated rings. The Morgan fingerprint density at radius 1 is 1.12 bits per heavy atom. The molecule has 0 aliphatic carbocycles. The minimum atomic E-state index is -0.0731. The number of pyridine rings is 1. The van der Waals surface area contributed by atoms with E-state index in [1.807, 2.05) is 36.4 Å². The van der Waals surface area contributed by atoms with E-state index in [9.17, 15) is 4.79 Å². The molecule has 0 saturated carbocycles. The molecule has 5 rings (SSSR count). The van der Waals surface area contributed by atoms with Crippen molar-refractivity contribution in [3.63, 3.8) is 0 Å². The molecule has 2 aliphatic rings. The van der Waals surface area contributed by atoms with Gasteiger partial charge in [-0.15, -0.1) is 0 Å². The number of nitrogens with two attached hydrogens (primary N) is 1. The number of aromatic nitrogens is 3. The summed E-state index contributed by atoms with van der Waals surface area (Å²) in [4.78, 5) is 28.3. The molecule has 2 aliphatic heterocycles. The smallest absolute Gasteiger partial charge is 0.251 e. The van der Waals surface area contributed by atoms with Crippen LogP contribution in [0.4, 0.5) is 5.95 Å². The number of amides is 1. The van der Waals surface area contributed by atoms with Gasteiger partial charge in [0, 0.05) is 24.1 Å². The van der Waals surface area contributed by atoms with Gasteiger partial charge in [0.25, 0.3) is 5.91 Å². The van der Waals surface area contributed by atoms with Gasteiger partial charge >= 0.3 is 0 Å². The van der Waals surface area contributed by atoms with Gasteiger partial charge in [0.05, 0.1) is 24.4 Å². The normalized spacial score (nSPS) is 18.4. The maximum Gasteiger partial charge on any atom is 0.251 e. The number of carbonyl (C=O) groups excluding carboxylic acids is 1. The third-order valence-corrected chi connectivity index (χ3v) is 6.27. The highest BCUT2D eigenvalue weighted by molar-refractivity contribution is 5.94. The van der Waals surface area contributed by atoms with Crippen molar-refractivity contribution in [1.82, 2.24) is 25.2 Å². The quantitative estimate of drug-likeness (QED) is 0.491. The molecule has 3 N–H and O–H groups in total. The van der Waals surface area contributed by atoms with Crippen molar-refractivity contribution in [2.75, 3.05) is 45.1 Å². The van der Waals surface area contributed by atoms with E-state index in [1.165, 1.54) is 25.9 Å². The van der Waals surface area contributed by atoms with E-state index in [-0.39, 0.29) is 18.0 Å². The van der Waals surface area contributed by atoms with Crippen LogP contribution in [0.15, 0.2) is 36.4 Å². The SMILES string of the molecule is Nc1nc(OC2CCOC2)c2nc(-c3ccc(C(=O)NCCCN4CCCC4)cc3)ccc2n1. The van der Waals surface area contributed by atoms with Crippen molar-refractivity contribution in [3.05, 3.63) is 42.0 Å². The number of anilines is 1. The molecule has 9 nitrogen and oxygen atoms in total. The van der Waals surface area contributed by atoms with Gasteiger partial charge in [-0.3, -0.25) is 4.79 Å². The Balaban J connectivity index is 1.26. The zero-order chi connectivity index (χ0) is 23.3. The van der Waals surface area contributed by atoms with Crippen molar-refractivity contribution in [2.24, 2.45) is 0 Å². The summed E-state index contributed by atoms with van der Waals surface area (Å²) in [5.41, 5.74) is 9.30. The van der Waals surface area contributed by atoms with Gasteiger partial charge in [0.15, 0.2) is 5.52 Å². The molecule has 1 amide bonds. The van der Waals surface area contributed by atoms with E-state index in [2.05, 4.69) is 20.2 Å². The van der Waals surface area contributed by atoms with Crippen LogP contribution in [0, 0.1) is 0 Å². The standard InChI is InChI=1S/C25H30N6O3/c26-25-29-21-9-8-20(28-22(21)24(30-25)34-19-10-15-33-16-19)17-4-6-18(7-5-17)23(32)27-11-3-14-31-12-1-2-13-31/h4-9,19H,1-3,10-16H2,(H,27,32)(H2,26,29,30). The van der Waals surface area contributed by atoms with E-state index in [0.717, 1.165) is 30.6 Å². The van der Waals surface area contributed by atoms with E-state index in [1.54, 1.807) is 0 Å². The first-order chi connectivity index (χ1) is 16.7. The first-order valence-electron chi connectivity index (χ1n) is 12.0. The Labute approximate surface area is 198 Å². The summed E-state index contributed by atoms with van der Waals surface area (Å²) in [6.07, 6.45) is 4.27. The van der Waals surface area contributed by atoms with Crippen LogP contribution in [0.25, 0.3) is 22.3 Å². The fourth-order valence-corrected chi connectivity index (χ4v) is 4.42. The van der Waals surface area contributed by atoms with Crippen molar-refractivity contribution in [1.29, 1.82) is 0 Å². The summed E-state index contributed by atoms with van der Waals surface area (Å²) in [6.45, 7) is 5.27. The number of carbonyl (C=O) groups is 1. The molecule has 1 aromatic carbocycles.